The highest BCUT2D eigenvalue weighted by Crippen LogP contribution is 2.16. The Bertz CT molecular complexity index is 832. The van der Waals surface area contributed by atoms with Crippen LogP contribution in [0.2, 0.25) is 0 Å². The summed E-state index contributed by atoms with van der Waals surface area (Å²) in [6.45, 7) is 4.90. The summed E-state index contributed by atoms with van der Waals surface area (Å²) in [5, 5.41) is 23.1. The first kappa shape index (κ1) is 54.6. The van der Waals surface area contributed by atoms with E-state index in [1.807, 2.05) is 0 Å². The monoisotopic (exact) mass is 792 g/mol. The fourth-order valence-corrected chi connectivity index (χ4v) is 7.69. The van der Waals surface area contributed by atoms with Gasteiger partial charge in [-0.25, -0.2) is 0 Å². The molecule has 1 amide bonds. The fourth-order valence-electron chi connectivity index (χ4n) is 7.69. The number of aliphatic hydroxyl groups is 2. The lowest BCUT2D eigenvalue weighted by atomic mass is 10.0. The molecule has 6 nitrogen and oxygen atoms in total. The Morgan fingerprint density at radius 3 is 1.27 bits per heavy atom. The number of ether oxygens (including phenoxy) is 1. The molecule has 2 unspecified atom stereocenters. The maximum atomic E-state index is 12.4. The molecule has 56 heavy (non-hydrogen) atoms. The number of aliphatic hydroxyl groups excluding tert-OH is 2. The Labute approximate surface area is 349 Å². The SMILES string of the molecule is CCCCCCCC/C=C\CCCCCCCCCC(=O)OCCCCCCCCCCCCCC(=O)NC(CO)C(O)CCCCCCCCCCCCC. The number of allylic oxidation sites excluding steroid dienone is 2. The molecule has 0 aliphatic rings. The molecule has 332 valence electrons. The number of nitrogens with one attached hydrogen (secondary N) is 1. The zero-order valence-electron chi connectivity index (χ0n) is 37.6. The van der Waals surface area contributed by atoms with Gasteiger partial charge in [0, 0.05) is 12.8 Å². The predicted octanol–water partition coefficient (Wildman–Crippen LogP) is 14.6. The van der Waals surface area contributed by atoms with Crippen molar-refractivity contribution in [1.29, 1.82) is 0 Å². The lowest BCUT2D eigenvalue weighted by molar-refractivity contribution is -0.143. The van der Waals surface area contributed by atoms with Crippen LogP contribution in [0.4, 0.5) is 0 Å². The third-order valence-electron chi connectivity index (χ3n) is 11.6. The van der Waals surface area contributed by atoms with Crippen molar-refractivity contribution in [1.82, 2.24) is 5.32 Å². The molecule has 0 spiro atoms. The highest BCUT2D eigenvalue weighted by molar-refractivity contribution is 5.76. The number of rotatable bonds is 46. The Hall–Kier alpha value is -1.40. The third-order valence-corrected chi connectivity index (χ3v) is 11.6. The predicted molar refractivity (Wildman–Crippen MR) is 241 cm³/mol. The van der Waals surface area contributed by atoms with E-state index in [9.17, 15) is 19.8 Å². The molecule has 0 rings (SSSR count). The Morgan fingerprint density at radius 2 is 0.839 bits per heavy atom. The van der Waals surface area contributed by atoms with Crippen LogP contribution < -0.4 is 5.32 Å². The summed E-state index contributed by atoms with van der Waals surface area (Å²) in [4.78, 5) is 24.4. The van der Waals surface area contributed by atoms with Gasteiger partial charge in [0.1, 0.15) is 0 Å². The second-order valence-electron chi connectivity index (χ2n) is 17.1. The quantitative estimate of drug-likeness (QED) is 0.0324. The van der Waals surface area contributed by atoms with E-state index in [1.165, 1.54) is 180 Å². The fraction of sp³-hybridized carbons (Fsp3) is 0.920. The van der Waals surface area contributed by atoms with E-state index in [-0.39, 0.29) is 18.5 Å². The van der Waals surface area contributed by atoms with E-state index >= 15 is 0 Å². The van der Waals surface area contributed by atoms with E-state index in [0.717, 1.165) is 57.8 Å². The zero-order valence-corrected chi connectivity index (χ0v) is 37.6. The second-order valence-corrected chi connectivity index (χ2v) is 17.1. The highest BCUT2D eigenvalue weighted by Gasteiger charge is 2.20. The molecule has 0 radical (unpaired) electrons. The average molecular weight is 792 g/mol. The number of carbonyl (C=O) groups is 2. The van der Waals surface area contributed by atoms with Crippen molar-refractivity contribution in [2.24, 2.45) is 0 Å². The van der Waals surface area contributed by atoms with E-state index < -0.39 is 12.1 Å². The van der Waals surface area contributed by atoms with Crippen LogP contribution in [0.5, 0.6) is 0 Å². The van der Waals surface area contributed by atoms with Crippen molar-refractivity contribution in [2.75, 3.05) is 13.2 Å². The first-order valence-electron chi connectivity index (χ1n) is 24.9. The van der Waals surface area contributed by atoms with Crippen LogP contribution in [-0.4, -0.2) is 47.4 Å². The van der Waals surface area contributed by atoms with Crippen LogP contribution in [0.3, 0.4) is 0 Å². The molecular weight excluding hydrogens is 695 g/mol. The van der Waals surface area contributed by atoms with Crippen molar-refractivity contribution in [2.45, 2.75) is 283 Å². The molecule has 0 aromatic heterocycles. The number of hydrogen-bond acceptors (Lipinski definition) is 5. The van der Waals surface area contributed by atoms with Gasteiger partial charge in [-0.15, -0.1) is 0 Å². The molecule has 0 aromatic carbocycles. The first-order valence-corrected chi connectivity index (χ1v) is 24.9. The van der Waals surface area contributed by atoms with Crippen LogP contribution in [0.1, 0.15) is 271 Å². The minimum atomic E-state index is -0.674. The minimum Gasteiger partial charge on any atom is -0.466 e. The molecule has 0 fully saturated rings. The van der Waals surface area contributed by atoms with E-state index in [1.54, 1.807) is 0 Å². The second kappa shape index (κ2) is 46.3. The number of hydrogen-bond donors (Lipinski definition) is 3. The van der Waals surface area contributed by atoms with Gasteiger partial charge in [-0.3, -0.25) is 9.59 Å². The van der Waals surface area contributed by atoms with Crippen molar-refractivity contribution in [3.8, 4) is 0 Å². The van der Waals surface area contributed by atoms with Gasteiger partial charge >= 0.3 is 5.97 Å². The lowest BCUT2D eigenvalue weighted by Crippen LogP contribution is -2.45. The van der Waals surface area contributed by atoms with Gasteiger partial charge in [0.2, 0.25) is 5.91 Å². The summed E-state index contributed by atoms with van der Waals surface area (Å²) in [7, 11) is 0. The van der Waals surface area contributed by atoms with Gasteiger partial charge in [0.05, 0.1) is 25.4 Å². The van der Waals surface area contributed by atoms with Crippen molar-refractivity contribution in [3.63, 3.8) is 0 Å². The van der Waals surface area contributed by atoms with Gasteiger partial charge < -0.3 is 20.3 Å². The standard InChI is InChI=1S/C50H97NO5/c1-3-5-7-9-11-13-15-16-17-18-19-20-24-28-32-36-40-44-50(55)56-45-41-37-33-29-25-21-23-27-31-35-39-43-49(54)51-47(46-52)48(53)42-38-34-30-26-22-14-12-10-8-6-4-2/h16-17,47-48,52-53H,3-15,18-46H2,1-2H3,(H,51,54)/b17-16-. The lowest BCUT2D eigenvalue weighted by Gasteiger charge is -2.22. The summed E-state index contributed by atoms with van der Waals surface area (Å²) in [5.74, 6) is -0.0719. The van der Waals surface area contributed by atoms with Crippen LogP contribution in [-0.2, 0) is 14.3 Å². The number of esters is 1. The zero-order chi connectivity index (χ0) is 40.8. The molecule has 0 heterocycles. The van der Waals surface area contributed by atoms with E-state index in [2.05, 4.69) is 31.3 Å². The van der Waals surface area contributed by atoms with Crippen molar-refractivity contribution in [3.05, 3.63) is 12.2 Å². The first-order chi connectivity index (χ1) is 27.5. The summed E-state index contributed by atoms with van der Waals surface area (Å²) in [5.41, 5.74) is 0. The number of amides is 1. The third kappa shape index (κ3) is 42.2. The van der Waals surface area contributed by atoms with Gasteiger partial charge in [-0.05, 0) is 51.4 Å². The molecule has 0 saturated carbocycles. The summed E-state index contributed by atoms with van der Waals surface area (Å²) >= 11 is 0. The molecule has 6 heteroatoms. The number of carbonyl (C=O) groups excluding carboxylic acids is 2. The maximum absolute atomic E-state index is 12.4. The van der Waals surface area contributed by atoms with Crippen LogP contribution in [0.15, 0.2) is 12.2 Å². The average Bonchev–Trinajstić information content (AvgIpc) is 3.20. The molecule has 2 atom stereocenters. The van der Waals surface area contributed by atoms with E-state index in [0.29, 0.717) is 25.9 Å². The summed E-state index contributed by atoms with van der Waals surface area (Å²) < 4.78 is 5.46. The summed E-state index contributed by atoms with van der Waals surface area (Å²) in [6.07, 6.45) is 51.7. The maximum Gasteiger partial charge on any atom is 0.305 e. The molecular formula is C50H97NO5. The topological polar surface area (TPSA) is 95.9 Å². The normalized spacial score (nSPS) is 12.7. The molecule has 0 aliphatic heterocycles. The number of unbranched alkanes of at least 4 members (excludes halogenated alkanes) is 33. The largest absolute Gasteiger partial charge is 0.466 e. The van der Waals surface area contributed by atoms with Gasteiger partial charge in [0.15, 0.2) is 0 Å². The molecule has 0 saturated heterocycles. The molecule has 3 N–H and O–H groups in total. The smallest absolute Gasteiger partial charge is 0.305 e. The van der Waals surface area contributed by atoms with Crippen LogP contribution in [0, 0.1) is 0 Å². The molecule has 0 aliphatic carbocycles. The molecule has 0 aromatic rings. The van der Waals surface area contributed by atoms with Crippen LogP contribution >= 0.6 is 0 Å². The Balaban J connectivity index is 3.44. The highest BCUT2D eigenvalue weighted by atomic mass is 16.5. The van der Waals surface area contributed by atoms with Gasteiger partial charge in [-0.2, -0.15) is 0 Å². The molecule has 0 bridgehead atoms. The van der Waals surface area contributed by atoms with Gasteiger partial charge in [-0.1, -0.05) is 219 Å². The van der Waals surface area contributed by atoms with E-state index in [4.69, 9.17) is 4.74 Å². The Kier molecular flexibility index (Phi) is 45.1. The Morgan fingerprint density at radius 1 is 0.482 bits per heavy atom. The van der Waals surface area contributed by atoms with Crippen molar-refractivity contribution >= 4 is 11.9 Å². The minimum absolute atomic E-state index is 0.0171. The van der Waals surface area contributed by atoms with Crippen LogP contribution in [0.25, 0.3) is 0 Å². The summed E-state index contributed by atoms with van der Waals surface area (Å²) in [6, 6.07) is -0.553. The van der Waals surface area contributed by atoms with Crippen molar-refractivity contribution < 1.29 is 24.5 Å². The van der Waals surface area contributed by atoms with Gasteiger partial charge in [0.25, 0.3) is 0 Å².